The van der Waals surface area contributed by atoms with E-state index in [0.717, 1.165) is 26.1 Å². The maximum atomic E-state index is 12.5. The fourth-order valence-electron chi connectivity index (χ4n) is 3.25. The number of Topliss-reactive ketones (excluding diaryl/α,β-unsaturated/α-hetero) is 1. The molecule has 2 fully saturated rings. The molecule has 2 saturated heterocycles. The van der Waals surface area contributed by atoms with Crippen molar-refractivity contribution in [2.45, 2.75) is 46.1 Å². The molecule has 1 unspecified atom stereocenters. The monoisotopic (exact) mass is 296 g/mol. The van der Waals surface area contributed by atoms with Crippen LogP contribution in [0.15, 0.2) is 0 Å². The molecule has 1 atom stereocenters. The number of carbonyl (C=O) groups excluding carboxylic acids is 2. The molecule has 0 bridgehead atoms. The Labute approximate surface area is 127 Å². The first-order chi connectivity index (χ1) is 9.95. The number of ketones is 1. The standard InChI is InChI=1S/C16H28N2O3/c1-4-21-15(20)16(2,3)14(19)12-17-8-6-10-18-9-5-7-13(18)11-17/h13H,4-12H2,1-3H3. The van der Waals surface area contributed by atoms with Crippen LogP contribution < -0.4 is 0 Å². The summed E-state index contributed by atoms with van der Waals surface area (Å²) in [6.07, 6.45) is 3.59. The largest absolute Gasteiger partial charge is 0.465 e. The summed E-state index contributed by atoms with van der Waals surface area (Å²) in [6.45, 7) is 10.0. The lowest BCUT2D eigenvalue weighted by Crippen LogP contribution is -2.44. The summed E-state index contributed by atoms with van der Waals surface area (Å²) in [5, 5.41) is 0. The van der Waals surface area contributed by atoms with Gasteiger partial charge in [0.15, 0.2) is 5.78 Å². The summed E-state index contributed by atoms with van der Waals surface area (Å²) in [6, 6.07) is 0.589. The molecule has 5 nitrogen and oxygen atoms in total. The van der Waals surface area contributed by atoms with E-state index in [4.69, 9.17) is 4.74 Å². The minimum atomic E-state index is -1.04. The third-order valence-corrected chi connectivity index (χ3v) is 4.74. The molecule has 0 spiro atoms. The van der Waals surface area contributed by atoms with Crippen molar-refractivity contribution >= 4 is 11.8 Å². The average Bonchev–Trinajstić information content (AvgIpc) is 2.78. The molecule has 0 saturated carbocycles. The van der Waals surface area contributed by atoms with Crippen LogP contribution in [-0.2, 0) is 14.3 Å². The van der Waals surface area contributed by atoms with Gasteiger partial charge in [-0.3, -0.25) is 19.4 Å². The van der Waals surface area contributed by atoms with Gasteiger partial charge in [0, 0.05) is 12.6 Å². The molecule has 120 valence electrons. The highest BCUT2D eigenvalue weighted by molar-refractivity contribution is 6.03. The Bertz CT molecular complexity index is 395. The van der Waals surface area contributed by atoms with E-state index in [1.807, 2.05) is 0 Å². The number of hydrogen-bond donors (Lipinski definition) is 0. The molecule has 0 aromatic heterocycles. The van der Waals surface area contributed by atoms with E-state index in [9.17, 15) is 9.59 Å². The average molecular weight is 296 g/mol. The Balaban J connectivity index is 1.93. The van der Waals surface area contributed by atoms with Crippen molar-refractivity contribution in [3.05, 3.63) is 0 Å². The van der Waals surface area contributed by atoms with Crippen LogP contribution >= 0.6 is 0 Å². The van der Waals surface area contributed by atoms with Crippen molar-refractivity contribution in [2.24, 2.45) is 5.41 Å². The van der Waals surface area contributed by atoms with Crippen LogP contribution in [-0.4, -0.2) is 66.9 Å². The van der Waals surface area contributed by atoms with Gasteiger partial charge in [-0.1, -0.05) is 0 Å². The zero-order valence-corrected chi connectivity index (χ0v) is 13.6. The number of carbonyl (C=O) groups is 2. The fourth-order valence-corrected chi connectivity index (χ4v) is 3.25. The van der Waals surface area contributed by atoms with E-state index in [0.29, 0.717) is 19.2 Å². The summed E-state index contributed by atoms with van der Waals surface area (Å²) < 4.78 is 5.02. The fraction of sp³-hybridized carbons (Fsp3) is 0.875. The van der Waals surface area contributed by atoms with Gasteiger partial charge >= 0.3 is 5.97 Å². The van der Waals surface area contributed by atoms with Gasteiger partial charge in [-0.25, -0.2) is 0 Å². The third kappa shape index (κ3) is 3.83. The maximum Gasteiger partial charge on any atom is 0.319 e. The highest BCUT2D eigenvalue weighted by Crippen LogP contribution is 2.23. The van der Waals surface area contributed by atoms with Gasteiger partial charge in [0.05, 0.1) is 13.2 Å². The summed E-state index contributed by atoms with van der Waals surface area (Å²) in [4.78, 5) is 29.2. The lowest BCUT2D eigenvalue weighted by Gasteiger charge is -2.28. The molecule has 5 heteroatoms. The minimum Gasteiger partial charge on any atom is -0.465 e. The van der Waals surface area contributed by atoms with Crippen LogP contribution in [0.1, 0.15) is 40.0 Å². The smallest absolute Gasteiger partial charge is 0.319 e. The van der Waals surface area contributed by atoms with E-state index < -0.39 is 11.4 Å². The minimum absolute atomic E-state index is 0.0348. The molecule has 2 heterocycles. The second-order valence-electron chi connectivity index (χ2n) is 6.69. The SMILES string of the molecule is CCOC(=O)C(C)(C)C(=O)CN1CCCN2CCCC2C1. The number of esters is 1. The van der Waals surface area contributed by atoms with Crippen LogP contribution in [0.5, 0.6) is 0 Å². The Morgan fingerprint density at radius 3 is 2.62 bits per heavy atom. The molecular weight excluding hydrogens is 268 g/mol. The Hall–Kier alpha value is -0.940. The van der Waals surface area contributed by atoms with E-state index in [-0.39, 0.29) is 5.78 Å². The van der Waals surface area contributed by atoms with Crippen molar-refractivity contribution in [3.8, 4) is 0 Å². The van der Waals surface area contributed by atoms with Gasteiger partial charge in [-0.05, 0) is 59.7 Å². The zero-order chi connectivity index (χ0) is 15.5. The topological polar surface area (TPSA) is 49.9 Å². The van der Waals surface area contributed by atoms with E-state index in [2.05, 4.69) is 9.80 Å². The van der Waals surface area contributed by atoms with Crippen molar-refractivity contribution in [3.63, 3.8) is 0 Å². The van der Waals surface area contributed by atoms with E-state index in [1.54, 1.807) is 20.8 Å². The molecular formula is C16H28N2O3. The molecule has 0 amide bonds. The van der Waals surface area contributed by atoms with Crippen LogP contribution in [0.4, 0.5) is 0 Å². The molecule has 21 heavy (non-hydrogen) atoms. The normalized spacial score (nSPS) is 24.4. The number of rotatable bonds is 5. The van der Waals surface area contributed by atoms with Gasteiger partial charge in [0.25, 0.3) is 0 Å². The van der Waals surface area contributed by atoms with Crippen LogP contribution in [0.3, 0.4) is 0 Å². The molecule has 0 aromatic carbocycles. The van der Waals surface area contributed by atoms with Gasteiger partial charge in [0.1, 0.15) is 5.41 Å². The molecule has 2 aliphatic heterocycles. The quantitative estimate of drug-likeness (QED) is 0.565. The van der Waals surface area contributed by atoms with Gasteiger partial charge in [-0.15, -0.1) is 0 Å². The van der Waals surface area contributed by atoms with Crippen molar-refractivity contribution in [1.82, 2.24) is 9.80 Å². The molecule has 0 N–H and O–H groups in total. The van der Waals surface area contributed by atoms with Crippen molar-refractivity contribution in [1.29, 1.82) is 0 Å². The first-order valence-electron chi connectivity index (χ1n) is 8.12. The van der Waals surface area contributed by atoms with E-state index >= 15 is 0 Å². The second-order valence-corrected chi connectivity index (χ2v) is 6.69. The Morgan fingerprint density at radius 1 is 1.19 bits per heavy atom. The maximum absolute atomic E-state index is 12.5. The van der Waals surface area contributed by atoms with Crippen molar-refractivity contribution < 1.29 is 14.3 Å². The highest BCUT2D eigenvalue weighted by Gasteiger charge is 2.39. The summed E-state index contributed by atoms with van der Waals surface area (Å²) in [7, 11) is 0. The zero-order valence-electron chi connectivity index (χ0n) is 13.6. The predicted molar refractivity (Wildman–Crippen MR) is 81.1 cm³/mol. The Morgan fingerprint density at radius 2 is 1.90 bits per heavy atom. The molecule has 0 radical (unpaired) electrons. The third-order valence-electron chi connectivity index (χ3n) is 4.74. The van der Waals surface area contributed by atoms with Crippen LogP contribution in [0.2, 0.25) is 0 Å². The van der Waals surface area contributed by atoms with E-state index in [1.165, 1.54) is 19.4 Å². The number of fused-ring (bicyclic) bond motifs is 1. The van der Waals surface area contributed by atoms with Crippen molar-refractivity contribution in [2.75, 3.05) is 39.3 Å². The molecule has 0 aliphatic carbocycles. The summed E-state index contributed by atoms with van der Waals surface area (Å²) >= 11 is 0. The van der Waals surface area contributed by atoms with Gasteiger partial charge < -0.3 is 4.74 Å². The highest BCUT2D eigenvalue weighted by atomic mass is 16.5. The van der Waals surface area contributed by atoms with Gasteiger partial charge in [-0.2, -0.15) is 0 Å². The second kappa shape index (κ2) is 6.88. The molecule has 2 aliphatic rings. The summed E-state index contributed by atoms with van der Waals surface area (Å²) in [5.41, 5.74) is -1.04. The molecule has 0 aromatic rings. The first-order valence-corrected chi connectivity index (χ1v) is 8.12. The number of ether oxygens (including phenoxy) is 1. The van der Waals surface area contributed by atoms with Crippen LogP contribution in [0, 0.1) is 5.41 Å². The predicted octanol–water partition coefficient (Wildman–Crippen LogP) is 1.31. The number of hydrogen-bond acceptors (Lipinski definition) is 5. The first kappa shape index (κ1) is 16.4. The lowest BCUT2D eigenvalue weighted by atomic mass is 9.87. The van der Waals surface area contributed by atoms with Crippen LogP contribution in [0.25, 0.3) is 0 Å². The van der Waals surface area contributed by atoms with Gasteiger partial charge in [0.2, 0.25) is 0 Å². The molecule has 2 rings (SSSR count). The summed E-state index contributed by atoms with van der Waals surface area (Å²) in [5.74, 6) is -0.445. The lowest BCUT2D eigenvalue weighted by molar-refractivity contribution is -0.158. The number of nitrogens with zero attached hydrogens (tertiary/aromatic N) is 2. The Kier molecular flexibility index (Phi) is 5.38.